The molecule has 3 rings (SSSR count). The van der Waals surface area contributed by atoms with Crippen molar-refractivity contribution in [2.75, 3.05) is 12.8 Å². The fourth-order valence-corrected chi connectivity index (χ4v) is 4.64. The van der Waals surface area contributed by atoms with Crippen molar-refractivity contribution < 1.29 is 13.2 Å². The number of carbonyl (C=O) groups excluding carboxylic acids is 1. The summed E-state index contributed by atoms with van der Waals surface area (Å²) >= 11 is 0. The lowest BCUT2D eigenvalue weighted by atomic mass is 9.96. The third-order valence-electron chi connectivity index (χ3n) is 5.30. The second-order valence-corrected chi connectivity index (χ2v) is 9.04. The monoisotopic (exact) mass is 350 g/mol. The topological polar surface area (TPSA) is 66.5 Å². The van der Waals surface area contributed by atoms with E-state index in [1.807, 2.05) is 4.90 Å². The molecule has 1 heterocycles. The number of urea groups is 1. The highest BCUT2D eigenvalue weighted by Gasteiger charge is 2.35. The Labute approximate surface area is 144 Å². The maximum Gasteiger partial charge on any atom is 0.317 e. The summed E-state index contributed by atoms with van der Waals surface area (Å²) in [6.07, 6.45) is 8.51. The highest BCUT2D eigenvalue weighted by molar-refractivity contribution is 7.90. The summed E-state index contributed by atoms with van der Waals surface area (Å²) in [5.41, 5.74) is 0.910. The highest BCUT2D eigenvalue weighted by atomic mass is 32.2. The number of hydrogen-bond acceptors (Lipinski definition) is 3. The molecule has 0 spiro atoms. The minimum Gasteiger partial charge on any atom is -0.334 e. The molecule has 5 nitrogen and oxygen atoms in total. The zero-order chi connectivity index (χ0) is 17.2. The molecule has 1 N–H and O–H groups in total. The Kier molecular flexibility index (Phi) is 5.13. The van der Waals surface area contributed by atoms with Gasteiger partial charge in [0.1, 0.15) is 0 Å². The lowest BCUT2D eigenvalue weighted by Crippen LogP contribution is -2.45. The van der Waals surface area contributed by atoms with E-state index in [4.69, 9.17) is 0 Å². The second-order valence-electron chi connectivity index (χ2n) is 7.02. The standard InChI is InChI=1S/C18H26N2O3S/c1-24(22,23)16-10-8-14(9-11-16)13-19-18(21)20-12-4-7-17(20)15-5-2-3-6-15/h8-11,15,17H,2-7,12-13H2,1H3,(H,19,21)/t17-/m0/s1. The van der Waals surface area contributed by atoms with Crippen molar-refractivity contribution in [3.8, 4) is 0 Å². The number of carbonyl (C=O) groups is 1. The zero-order valence-corrected chi connectivity index (χ0v) is 15.0. The molecule has 24 heavy (non-hydrogen) atoms. The predicted molar refractivity (Wildman–Crippen MR) is 93.5 cm³/mol. The molecule has 2 amide bonds. The molecular weight excluding hydrogens is 324 g/mol. The summed E-state index contributed by atoms with van der Waals surface area (Å²) < 4.78 is 22.9. The molecule has 1 aromatic carbocycles. The predicted octanol–water partition coefficient (Wildman–Crippen LogP) is 2.95. The van der Waals surface area contributed by atoms with Gasteiger partial charge in [-0.05, 0) is 49.3 Å². The first-order chi connectivity index (χ1) is 11.4. The Hall–Kier alpha value is -1.56. The molecule has 1 aliphatic heterocycles. The number of nitrogens with zero attached hydrogens (tertiary/aromatic N) is 1. The lowest BCUT2D eigenvalue weighted by molar-refractivity contribution is 0.172. The van der Waals surface area contributed by atoms with Crippen LogP contribution in [0.3, 0.4) is 0 Å². The molecule has 1 saturated carbocycles. The smallest absolute Gasteiger partial charge is 0.317 e. The number of hydrogen-bond donors (Lipinski definition) is 1. The van der Waals surface area contributed by atoms with E-state index in [0.29, 0.717) is 23.4 Å². The van der Waals surface area contributed by atoms with Crippen LogP contribution in [0.1, 0.15) is 44.1 Å². The number of likely N-dealkylation sites (tertiary alicyclic amines) is 1. The largest absolute Gasteiger partial charge is 0.334 e. The molecule has 2 aliphatic rings. The van der Waals surface area contributed by atoms with Gasteiger partial charge in [0.25, 0.3) is 0 Å². The fraction of sp³-hybridized carbons (Fsp3) is 0.611. The van der Waals surface area contributed by atoms with E-state index >= 15 is 0 Å². The Morgan fingerprint density at radius 2 is 1.79 bits per heavy atom. The number of sulfone groups is 1. The Morgan fingerprint density at radius 1 is 1.12 bits per heavy atom. The van der Waals surface area contributed by atoms with Crippen molar-refractivity contribution in [3.05, 3.63) is 29.8 Å². The lowest BCUT2D eigenvalue weighted by Gasteiger charge is -2.29. The third-order valence-corrected chi connectivity index (χ3v) is 6.43. The number of benzene rings is 1. The minimum atomic E-state index is -3.18. The van der Waals surface area contributed by atoms with Gasteiger partial charge in [0.05, 0.1) is 4.90 Å². The van der Waals surface area contributed by atoms with Gasteiger partial charge in [-0.15, -0.1) is 0 Å². The van der Waals surface area contributed by atoms with Crippen LogP contribution in [0, 0.1) is 5.92 Å². The molecule has 1 aromatic rings. The first-order valence-electron chi connectivity index (χ1n) is 8.78. The molecule has 6 heteroatoms. The summed E-state index contributed by atoms with van der Waals surface area (Å²) in [5.74, 6) is 0.673. The van der Waals surface area contributed by atoms with Crippen LogP contribution in [0.4, 0.5) is 4.79 Å². The van der Waals surface area contributed by atoms with Crippen LogP contribution in [0.15, 0.2) is 29.2 Å². The van der Waals surface area contributed by atoms with E-state index in [-0.39, 0.29) is 6.03 Å². The maximum atomic E-state index is 12.5. The van der Waals surface area contributed by atoms with Gasteiger partial charge in [-0.3, -0.25) is 0 Å². The summed E-state index contributed by atoms with van der Waals surface area (Å²) in [6.45, 7) is 1.27. The fourth-order valence-electron chi connectivity index (χ4n) is 4.01. The molecule has 1 aliphatic carbocycles. The van der Waals surface area contributed by atoms with Crippen molar-refractivity contribution in [2.45, 2.75) is 56.0 Å². The average Bonchev–Trinajstić information content (AvgIpc) is 3.22. The van der Waals surface area contributed by atoms with Crippen LogP contribution < -0.4 is 5.32 Å². The second kappa shape index (κ2) is 7.13. The van der Waals surface area contributed by atoms with Crippen LogP contribution in [-0.4, -0.2) is 38.2 Å². The summed E-state index contributed by atoms with van der Waals surface area (Å²) in [5, 5.41) is 2.99. The van der Waals surface area contributed by atoms with Gasteiger partial charge < -0.3 is 10.2 Å². The van der Waals surface area contributed by atoms with Crippen LogP contribution in [0.25, 0.3) is 0 Å². The van der Waals surface area contributed by atoms with Gasteiger partial charge in [0.15, 0.2) is 9.84 Å². The van der Waals surface area contributed by atoms with Crippen molar-refractivity contribution in [2.24, 2.45) is 5.92 Å². The molecule has 0 unspecified atom stereocenters. The number of rotatable bonds is 4. The number of amides is 2. The Bertz CT molecular complexity index is 679. The van der Waals surface area contributed by atoms with E-state index in [1.54, 1.807) is 24.3 Å². The van der Waals surface area contributed by atoms with Crippen LogP contribution in [0.5, 0.6) is 0 Å². The van der Waals surface area contributed by atoms with Crippen LogP contribution in [-0.2, 0) is 16.4 Å². The normalized spacial score (nSPS) is 22.0. The quantitative estimate of drug-likeness (QED) is 0.908. The molecule has 2 fully saturated rings. The molecule has 1 atom stereocenters. The summed E-state index contributed by atoms with van der Waals surface area (Å²) in [4.78, 5) is 14.8. The minimum absolute atomic E-state index is 0.0107. The van der Waals surface area contributed by atoms with Crippen LogP contribution in [0.2, 0.25) is 0 Å². The van der Waals surface area contributed by atoms with E-state index < -0.39 is 9.84 Å². The van der Waals surface area contributed by atoms with E-state index in [2.05, 4.69) is 5.32 Å². The number of nitrogens with one attached hydrogen (secondary N) is 1. The Morgan fingerprint density at radius 3 is 2.42 bits per heavy atom. The first kappa shape index (κ1) is 17.3. The highest BCUT2D eigenvalue weighted by Crippen LogP contribution is 2.35. The van der Waals surface area contributed by atoms with Gasteiger partial charge >= 0.3 is 6.03 Å². The molecule has 0 radical (unpaired) electrons. The average molecular weight is 350 g/mol. The van der Waals surface area contributed by atoms with Crippen molar-refractivity contribution >= 4 is 15.9 Å². The summed E-state index contributed by atoms with van der Waals surface area (Å²) in [7, 11) is -3.18. The molecule has 1 saturated heterocycles. The summed E-state index contributed by atoms with van der Waals surface area (Å²) in [6, 6.07) is 7.11. The van der Waals surface area contributed by atoms with E-state index in [1.165, 1.54) is 31.9 Å². The zero-order valence-electron chi connectivity index (χ0n) is 14.2. The molecule has 0 bridgehead atoms. The maximum absolute atomic E-state index is 12.5. The first-order valence-corrected chi connectivity index (χ1v) is 10.7. The molecular formula is C18H26N2O3S. The Balaban J connectivity index is 1.57. The molecule has 0 aromatic heterocycles. The van der Waals surface area contributed by atoms with E-state index in [9.17, 15) is 13.2 Å². The van der Waals surface area contributed by atoms with Gasteiger partial charge in [0, 0.05) is 25.4 Å². The molecule has 132 valence electrons. The van der Waals surface area contributed by atoms with Crippen molar-refractivity contribution in [1.29, 1.82) is 0 Å². The van der Waals surface area contributed by atoms with Crippen molar-refractivity contribution in [1.82, 2.24) is 10.2 Å². The third kappa shape index (κ3) is 3.91. The van der Waals surface area contributed by atoms with E-state index in [0.717, 1.165) is 24.9 Å². The van der Waals surface area contributed by atoms with Crippen molar-refractivity contribution in [3.63, 3.8) is 0 Å². The van der Waals surface area contributed by atoms with Gasteiger partial charge in [-0.1, -0.05) is 25.0 Å². The van der Waals surface area contributed by atoms with Gasteiger partial charge in [0.2, 0.25) is 0 Å². The van der Waals surface area contributed by atoms with Gasteiger partial charge in [-0.25, -0.2) is 13.2 Å². The SMILES string of the molecule is CS(=O)(=O)c1ccc(CNC(=O)N2CCC[C@H]2C2CCCC2)cc1. The van der Waals surface area contributed by atoms with Gasteiger partial charge in [-0.2, -0.15) is 0 Å². The van der Waals surface area contributed by atoms with Crippen LogP contribution >= 0.6 is 0 Å².